The molecule has 0 amide bonds. The molecule has 5 rings (SSSR count). The fraction of sp³-hybridized carbons (Fsp3) is 0.455. The first-order valence-electron chi connectivity index (χ1n) is 10.1. The molecule has 4 nitrogen and oxygen atoms in total. The van der Waals surface area contributed by atoms with Gasteiger partial charge in [0.05, 0.1) is 11.9 Å². The molecule has 2 aliphatic rings. The van der Waals surface area contributed by atoms with E-state index < -0.39 is 0 Å². The molecule has 0 spiro atoms. The van der Waals surface area contributed by atoms with E-state index in [4.69, 9.17) is 4.98 Å². The third-order valence-electron chi connectivity index (χ3n) is 6.33. The summed E-state index contributed by atoms with van der Waals surface area (Å²) >= 11 is 1.57. The molecule has 1 aliphatic heterocycles. The van der Waals surface area contributed by atoms with E-state index in [1.165, 1.54) is 32.1 Å². The van der Waals surface area contributed by atoms with Crippen molar-refractivity contribution >= 4 is 21.6 Å². The van der Waals surface area contributed by atoms with Gasteiger partial charge in [-0.2, -0.15) is 0 Å². The van der Waals surface area contributed by atoms with Crippen LogP contribution in [0.25, 0.3) is 21.3 Å². The van der Waals surface area contributed by atoms with E-state index >= 15 is 0 Å². The number of likely N-dealkylation sites (tertiary alicyclic amines) is 1. The Balaban J connectivity index is 1.40. The maximum atomic E-state index is 12.8. The highest BCUT2D eigenvalue weighted by atomic mass is 32.1. The highest BCUT2D eigenvalue weighted by Gasteiger charge is 2.31. The van der Waals surface area contributed by atoms with Gasteiger partial charge in [0.25, 0.3) is 5.56 Å². The summed E-state index contributed by atoms with van der Waals surface area (Å²) in [6.45, 7) is 3.04. The van der Waals surface area contributed by atoms with Crippen molar-refractivity contribution in [3.63, 3.8) is 0 Å². The van der Waals surface area contributed by atoms with Crippen molar-refractivity contribution in [2.24, 2.45) is 11.8 Å². The van der Waals surface area contributed by atoms with Crippen LogP contribution in [0, 0.1) is 11.8 Å². The van der Waals surface area contributed by atoms with E-state index in [0.717, 1.165) is 58.6 Å². The number of benzene rings is 1. The summed E-state index contributed by atoms with van der Waals surface area (Å²) in [5.41, 5.74) is 2.05. The van der Waals surface area contributed by atoms with E-state index in [0.29, 0.717) is 0 Å². The molecule has 27 heavy (non-hydrogen) atoms. The molecule has 3 aromatic rings. The van der Waals surface area contributed by atoms with Gasteiger partial charge in [0.15, 0.2) is 0 Å². The Bertz CT molecular complexity index is 994. The molecule has 2 fully saturated rings. The predicted octanol–water partition coefficient (Wildman–Crippen LogP) is 4.66. The number of aromatic nitrogens is 2. The summed E-state index contributed by atoms with van der Waals surface area (Å²) in [4.78, 5) is 24.0. The number of aromatic amines is 1. The smallest absolute Gasteiger partial charge is 0.260 e. The first kappa shape index (κ1) is 17.1. The van der Waals surface area contributed by atoms with Crippen molar-refractivity contribution in [2.45, 2.75) is 38.6 Å². The minimum Gasteiger partial charge on any atom is -0.309 e. The highest BCUT2D eigenvalue weighted by molar-refractivity contribution is 7.17. The lowest BCUT2D eigenvalue weighted by Crippen LogP contribution is -2.41. The normalized spacial score (nSPS) is 23.4. The number of hydrogen-bond donors (Lipinski definition) is 1. The van der Waals surface area contributed by atoms with Gasteiger partial charge in [0.1, 0.15) is 10.7 Å². The minimum absolute atomic E-state index is 0.0114. The van der Waals surface area contributed by atoms with Crippen molar-refractivity contribution < 1.29 is 0 Å². The molecule has 0 bridgehead atoms. The molecule has 0 radical (unpaired) electrons. The Labute approximate surface area is 163 Å². The van der Waals surface area contributed by atoms with Crippen molar-refractivity contribution in [3.05, 3.63) is 51.9 Å². The third kappa shape index (κ3) is 3.34. The van der Waals surface area contributed by atoms with E-state index in [2.05, 4.69) is 15.3 Å². The number of H-pyrrole nitrogens is 1. The van der Waals surface area contributed by atoms with Crippen LogP contribution in [-0.2, 0) is 6.54 Å². The first-order valence-corrected chi connectivity index (χ1v) is 10.9. The number of hydrogen-bond acceptors (Lipinski definition) is 4. The lowest BCUT2D eigenvalue weighted by Gasteiger charge is -2.41. The zero-order valence-electron chi connectivity index (χ0n) is 15.5. The second-order valence-electron chi connectivity index (χ2n) is 8.04. The highest BCUT2D eigenvalue weighted by Crippen LogP contribution is 2.36. The number of piperidine rings is 1. The van der Waals surface area contributed by atoms with Gasteiger partial charge in [0.2, 0.25) is 0 Å². The molecule has 1 aromatic carbocycles. The third-order valence-corrected chi connectivity index (χ3v) is 7.20. The maximum Gasteiger partial charge on any atom is 0.260 e. The van der Waals surface area contributed by atoms with Crippen LogP contribution in [0.1, 0.15) is 37.9 Å². The number of nitrogens with one attached hydrogen (secondary N) is 1. The number of nitrogens with zero attached hydrogens (tertiary/aromatic N) is 2. The molecule has 140 valence electrons. The molecule has 1 saturated carbocycles. The number of rotatable bonds is 3. The van der Waals surface area contributed by atoms with E-state index in [9.17, 15) is 4.79 Å². The summed E-state index contributed by atoms with van der Waals surface area (Å²) in [7, 11) is 0. The first-order chi connectivity index (χ1) is 13.3. The summed E-state index contributed by atoms with van der Waals surface area (Å²) in [6, 6.07) is 10.1. The molecule has 1 N–H and O–H groups in total. The van der Waals surface area contributed by atoms with Crippen molar-refractivity contribution in [3.8, 4) is 11.1 Å². The summed E-state index contributed by atoms with van der Waals surface area (Å²) in [6.07, 6.45) is 6.88. The molecule has 1 saturated heterocycles. The lowest BCUT2D eigenvalue weighted by atomic mass is 9.75. The lowest BCUT2D eigenvalue weighted by molar-refractivity contribution is 0.0803. The molecule has 2 aromatic heterocycles. The van der Waals surface area contributed by atoms with Crippen LogP contribution in [0.15, 0.2) is 40.5 Å². The van der Waals surface area contributed by atoms with Crippen LogP contribution in [0.3, 0.4) is 0 Å². The number of fused-ring (bicyclic) bond motifs is 2. The average Bonchev–Trinajstić information content (AvgIpc) is 3.13. The van der Waals surface area contributed by atoms with Gasteiger partial charge in [-0.15, -0.1) is 11.3 Å². The van der Waals surface area contributed by atoms with Gasteiger partial charge < -0.3 is 4.98 Å². The van der Waals surface area contributed by atoms with E-state index in [1.807, 2.05) is 30.3 Å². The summed E-state index contributed by atoms with van der Waals surface area (Å²) < 4.78 is 0. The fourth-order valence-corrected chi connectivity index (χ4v) is 5.90. The molecule has 1 aliphatic carbocycles. The molecule has 2 unspecified atom stereocenters. The van der Waals surface area contributed by atoms with Gasteiger partial charge in [0, 0.05) is 17.5 Å². The standard InChI is InChI=1S/C22H25N3OS/c26-21-20-18(16-7-2-1-3-8-16)14-27-22(20)24-19(23-21)13-25-11-10-15-6-4-5-9-17(15)12-25/h1-3,7-8,14-15,17H,4-6,9-13H2,(H,23,24,26). The average molecular weight is 380 g/mol. The Kier molecular flexibility index (Phi) is 4.58. The van der Waals surface area contributed by atoms with Gasteiger partial charge in [-0.1, -0.05) is 49.6 Å². The van der Waals surface area contributed by atoms with Crippen molar-refractivity contribution in [1.82, 2.24) is 14.9 Å². The van der Waals surface area contributed by atoms with Crippen molar-refractivity contribution in [1.29, 1.82) is 0 Å². The Hall–Kier alpha value is -1.98. The second kappa shape index (κ2) is 7.21. The number of thiophene rings is 1. The fourth-order valence-electron chi connectivity index (χ4n) is 4.93. The molecule has 3 heterocycles. The zero-order chi connectivity index (χ0) is 18.2. The summed E-state index contributed by atoms with van der Waals surface area (Å²) in [5, 5.41) is 2.78. The maximum absolute atomic E-state index is 12.8. The van der Waals surface area contributed by atoms with Crippen LogP contribution in [0.5, 0.6) is 0 Å². The Morgan fingerprint density at radius 3 is 2.78 bits per heavy atom. The Morgan fingerprint density at radius 2 is 1.93 bits per heavy atom. The molecular formula is C22H25N3OS. The largest absolute Gasteiger partial charge is 0.309 e. The topological polar surface area (TPSA) is 49.0 Å². The van der Waals surface area contributed by atoms with Crippen LogP contribution in [-0.4, -0.2) is 28.0 Å². The van der Waals surface area contributed by atoms with Gasteiger partial charge >= 0.3 is 0 Å². The van der Waals surface area contributed by atoms with Crippen LogP contribution in [0.2, 0.25) is 0 Å². The minimum atomic E-state index is -0.0114. The quantitative estimate of drug-likeness (QED) is 0.720. The van der Waals surface area contributed by atoms with Gasteiger partial charge in [-0.25, -0.2) is 4.98 Å². The second-order valence-corrected chi connectivity index (χ2v) is 8.89. The van der Waals surface area contributed by atoms with Crippen LogP contribution in [0.4, 0.5) is 0 Å². The van der Waals surface area contributed by atoms with Gasteiger partial charge in [-0.05, 0) is 36.8 Å². The van der Waals surface area contributed by atoms with Crippen LogP contribution < -0.4 is 5.56 Å². The van der Waals surface area contributed by atoms with E-state index in [-0.39, 0.29) is 5.56 Å². The monoisotopic (exact) mass is 379 g/mol. The Morgan fingerprint density at radius 1 is 1.11 bits per heavy atom. The SMILES string of the molecule is O=c1[nH]c(CN2CCC3CCCCC3C2)nc2scc(-c3ccccc3)c12. The predicted molar refractivity (Wildman–Crippen MR) is 111 cm³/mol. The molecule has 5 heteroatoms. The van der Waals surface area contributed by atoms with Crippen molar-refractivity contribution in [2.75, 3.05) is 13.1 Å². The summed E-state index contributed by atoms with van der Waals surface area (Å²) in [5.74, 6) is 2.58. The molecule has 2 atom stereocenters. The van der Waals surface area contributed by atoms with Crippen LogP contribution >= 0.6 is 11.3 Å². The van der Waals surface area contributed by atoms with E-state index in [1.54, 1.807) is 11.3 Å². The van der Waals surface area contributed by atoms with Gasteiger partial charge in [-0.3, -0.25) is 9.69 Å². The molecular weight excluding hydrogens is 354 g/mol. The zero-order valence-corrected chi connectivity index (χ0v) is 16.3.